The van der Waals surface area contributed by atoms with Crippen LogP contribution in [0.1, 0.15) is 58.9 Å². The lowest BCUT2D eigenvalue weighted by Gasteiger charge is -2.31. The van der Waals surface area contributed by atoms with Gasteiger partial charge in [0.05, 0.1) is 5.39 Å². The van der Waals surface area contributed by atoms with Crippen molar-refractivity contribution in [2.24, 2.45) is 0 Å². The van der Waals surface area contributed by atoms with Crippen molar-refractivity contribution in [3.8, 4) is 5.75 Å². The number of allylic oxidation sites excluding steroid dienone is 4. The van der Waals surface area contributed by atoms with Gasteiger partial charge in [-0.1, -0.05) is 35.4 Å². The summed E-state index contributed by atoms with van der Waals surface area (Å²) in [5, 5.41) is 0.844. The third-order valence-electron chi connectivity index (χ3n) is 4.96. The quantitative estimate of drug-likeness (QED) is 0.438. The summed E-state index contributed by atoms with van der Waals surface area (Å²) in [7, 11) is 0. The Hall–Kier alpha value is -2.55. The maximum absolute atomic E-state index is 12.2. The Morgan fingerprint density at radius 1 is 1.11 bits per heavy atom. The topological polar surface area (TPSA) is 39.4 Å². The highest BCUT2D eigenvalue weighted by Crippen LogP contribution is 2.37. The van der Waals surface area contributed by atoms with Crippen molar-refractivity contribution in [3.05, 3.63) is 69.6 Å². The number of rotatable bonds is 6. The number of benzene rings is 1. The summed E-state index contributed by atoms with van der Waals surface area (Å²) in [4.78, 5) is 12.2. The number of ether oxygens (including phenoxy) is 1. The molecular formula is C24H28O3. The largest absolute Gasteiger partial charge is 0.482 e. The Kier molecular flexibility index (Phi) is 5.69. The summed E-state index contributed by atoms with van der Waals surface area (Å²) < 4.78 is 11.7. The molecule has 3 nitrogen and oxygen atoms in total. The lowest BCUT2D eigenvalue weighted by molar-refractivity contribution is 0.130. The zero-order valence-electron chi connectivity index (χ0n) is 16.7. The molecule has 0 amide bonds. The highest BCUT2D eigenvalue weighted by molar-refractivity contribution is 5.87. The van der Waals surface area contributed by atoms with E-state index in [2.05, 4.69) is 39.8 Å². The highest BCUT2D eigenvalue weighted by atomic mass is 16.5. The molecule has 0 bridgehead atoms. The molecule has 0 saturated carbocycles. The minimum atomic E-state index is -0.430. The zero-order chi connectivity index (χ0) is 19.4. The number of para-hydroxylation sites is 1. The summed E-state index contributed by atoms with van der Waals surface area (Å²) in [5.74, 6) is 0.635. The summed E-state index contributed by atoms with van der Waals surface area (Å²) in [5.41, 5.74) is 3.06. The number of hydrogen-bond donors (Lipinski definition) is 0. The fourth-order valence-electron chi connectivity index (χ4n) is 3.35. The van der Waals surface area contributed by atoms with Crippen molar-refractivity contribution in [2.45, 2.75) is 59.0 Å². The van der Waals surface area contributed by atoms with Gasteiger partial charge in [0, 0.05) is 0 Å². The molecule has 1 aromatic heterocycles. The highest BCUT2D eigenvalue weighted by Gasteiger charge is 2.29. The van der Waals surface area contributed by atoms with E-state index in [1.54, 1.807) is 6.07 Å². The first-order valence-electron chi connectivity index (χ1n) is 9.61. The first kappa shape index (κ1) is 19.2. The van der Waals surface area contributed by atoms with E-state index in [0.29, 0.717) is 16.9 Å². The lowest BCUT2D eigenvalue weighted by atomic mass is 9.94. The Labute approximate surface area is 161 Å². The molecule has 2 heterocycles. The number of fused-ring (bicyclic) bond motifs is 3. The van der Waals surface area contributed by atoms with E-state index in [4.69, 9.17) is 9.15 Å². The van der Waals surface area contributed by atoms with Gasteiger partial charge < -0.3 is 9.15 Å². The maximum atomic E-state index is 12.2. The summed E-state index contributed by atoms with van der Waals surface area (Å²) in [6, 6.07) is 7.52. The van der Waals surface area contributed by atoms with Crippen LogP contribution in [0.3, 0.4) is 0 Å². The van der Waals surface area contributed by atoms with Crippen molar-refractivity contribution in [1.29, 1.82) is 0 Å². The normalized spacial score (nSPS) is 18.9. The van der Waals surface area contributed by atoms with Gasteiger partial charge in [0.1, 0.15) is 22.5 Å². The minimum absolute atomic E-state index is 0.350. The standard InChI is InChI=1S/C24H28O3/c1-17(2)9-7-10-18(3)11-8-15-24(4)16-14-20-22(27-24)19-12-5-6-13-21(19)26-23(20)25/h5-6,9,11-14,16H,7-8,10,15H2,1-4H3/t24-/m1/s1. The third kappa shape index (κ3) is 4.60. The van der Waals surface area contributed by atoms with Gasteiger partial charge in [0.15, 0.2) is 0 Å². The van der Waals surface area contributed by atoms with Crippen LogP contribution >= 0.6 is 0 Å². The van der Waals surface area contributed by atoms with Crippen LogP contribution < -0.4 is 10.4 Å². The van der Waals surface area contributed by atoms with Crippen molar-refractivity contribution in [2.75, 3.05) is 0 Å². The minimum Gasteiger partial charge on any atom is -0.482 e. The van der Waals surface area contributed by atoms with Gasteiger partial charge in [-0.05, 0) is 77.7 Å². The summed E-state index contributed by atoms with van der Waals surface area (Å²) >= 11 is 0. The molecular weight excluding hydrogens is 336 g/mol. The van der Waals surface area contributed by atoms with E-state index in [0.717, 1.165) is 31.1 Å². The summed E-state index contributed by atoms with van der Waals surface area (Å²) in [6.45, 7) is 8.53. The molecule has 0 saturated heterocycles. The van der Waals surface area contributed by atoms with E-state index in [1.165, 1.54) is 11.1 Å². The summed E-state index contributed by atoms with van der Waals surface area (Å²) in [6.07, 6.45) is 12.4. The van der Waals surface area contributed by atoms with Crippen LogP contribution in [0.15, 0.2) is 62.9 Å². The van der Waals surface area contributed by atoms with Gasteiger partial charge in [-0.25, -0.2) is 4.79 Å². The maximum Gasteiger partial charge on any atom is 0.347 e. The lowest BCUT2D eigenvalue weighted by Crippen LogP contribution is -2.33. The molecule has 0 fully saturated rings. The van der Waals surface area contributed by atoms with E-state index < -0.39 is 5.60 Å². The second-order valence-electron chi connectivity index (χ2n) is 7.79. The van der Waals surface area contributed by atoms with Gasteiger partial charge in [0.25, 0.3) is 0 Å². The Balaban J connectivity index is 1.73. The first-order chi connectivity index (χ1) is 12.9. The van der Waals surface area contributed by atoms with E-state index in [1.807, 2.05) is 30.4 Å². The molecule has 0 N–H and O–H groups in total. The molecule has 1 aliphatic heterocycles. The molecule has 0 aliphatic carbocycles. The van der Waals surface area contributed by atoms with Gasteiger partial charge in [0.2, 0.25) is 0 Å². The fourth-order valence-corrected chi connectivity index (χ4v) is 3.35. The molecule has 1 aromatic carbocycles. The van der Waals surface area contributed by atoms with Crippen LogP contribution in [-0.4, -0.2) is 5.60 Å². The third-order valence-corrected chi connectivity index (χ3v) is 4.96. The Bertz CT molecular complexity index is 971. The monoisotopic (exact) mass is 364 g/mol. The van der Waals surface area contributed by atoms with Gasteiger partial charge in [-0.3, -0.25) is 0 Å². The average Bonchev–Trinajstić information content (AvgIpc) is 2.61. The van der Waals surface area contributed by atoms with E-state index in [9.17, 15) is 4.79 Å². The fraction of sp³-hybridized carbons (Fsp3) is 0.375. The molecule has 3 rings (SSSR count). The predicted octanol–water partition coefficient (Wildman–Crippen LogP) is 6.43. The van der Waals surface area contributed by atoms with E-state index in [-0.39, 0.29) is 5.63 Å². The second kappa shape index (κ2) is 7.99. The predicted molar refractivity (Wildman–Crippen MR) is 112 cm³/mol. The molecule has 27 heavy (non-hydrogen) atoms. The Morgan fingerprint density at radius 3 is 2.67 bits per heavy atom. The van der Waals surface area contributed by atoms with Crippen LogP contribution in [0.5, 0.6) is 5.75 Å². The molecule has 0 radical (unpaired) electrons. The van der Waals surface area contributed by atoms with Crippen LogP contribution in [0.2, 0.25) is 0 Å². The SMILES string of the molecule is CC(C)=CCCC(C)=CCC[C@]1(C)C=Cc2c(c3ccccc3oc2=O)O1. The zero-order valence-corrected chi connectivity index (χ0v) is 16.7. The van der Waals surface area contributed by atoms with Crippen molar-refractivity contribution >= 4 is 17.0 Å². The van der Waals surface area contributed by atoms with Gasteiger partial charge >= 0.3 is 5.63 Å². The smallest absolute Gasteiger partial charge is 0.347 e. The molecule has 1 aliphatic rings. The van der Waals surface area contributed by atoms with Crippen molar-refractivity contribution < 1.29 is 9.15 Å². The van der Waals surface area contributed by atoms with Gasteiger partial charge in [-0.2, -0.15) is 0 Å². The second-order valence-corrected chi connectivity index (χ2v) is 7.79. The van der Waals surface area contributed by atoms with Crippen LogP contribution in [-0.2, 0) is 0 Å². The molecule has 0 unspecified atom stereocenters. The van der Waals surface area contributed by atoms with Crippen molar-refractivity contribution in [1.82, 2.24) is 0 Å². The van der Waals surface area contributed by atoms with E-state index >= 15 is 0 Å². The van der Waals surface area contributed by atoms with Gasteiger partial charge in [-0.15, -0.1) is 0 Å². The molecule has 0 spiro atoms. The molecule has 142 valence electrons. The molecule has 3 heteroatoms. The van der Waals surface area contributed by atoms with Crippen LogP contribution in [0.25, 0.3) is 17.0 Å². The Morgan fingerprint density at radius 2 is 1.89 bits per heavy atom. The molecule has 2 aromatic rings. The average molecular weight is 364 g/mol. The number of hydrogen-bond acceptors (Lipinski definition) is 3. The first-order valence-corrected chi connectivity index (χ1v) is 9.61. The molecule has 1 atom stereocenters. The van der Waals surface area contributed by atoms with Crippen molar-refractivity contribution in [3.63, 3.8) is 0 Å². The van der Waals surface area contributed by atoms with Crippen LogP contribution in [0.4, 0.5) is 0 Å². The van der Waals surface area contributed by atoms with Crippen LogP contribution in [0, 0.1) is 0 Å².